The standard InChI is InChI=1S/C13H14NO4PS.Na/c1-2-18-19(16,17)12-8-11(9-14-13(12)15)20-10-6-4-3-5-7-10;/h3-9H,2H2,1H3,(H,14,15)(H,16,17);/q;+1/p-1. The number of nitrogens with one attached hydrogen (secondary N) is 1. The Morgan fingerprint density at radius 1 is 1.29 bits per heavy atom. The van der Waals surface area contributed by atoms with Crippen LogP contribution in [-0.2, 0) is 9.09 Å². The molecular weight excluding hydrogens is 320 g/mol. The summed E-state index contributed by atoms with van der Waals surface area (Å²) >= 11 is 1.36. The summed E-state index contributed by atoms with van der Waals surface area (Å²) in [6, 6.07) is 10.8. The number of benzene rings is 1. The molecule has 0 aliphatic carbocycles. The first-order chi connectivity index (χ1) is 9.53. The van der Waals surface area contributed by atoms with E-state index >= 15 is 0 Å². The fourth-order valence-electron chi connectivity index (χ4n) is 1.58. The number of aromatic amines is 1. The molecule has 0 saturated carbocycles. The molecular formula is C13H13NNaO4PS. The maximum atomic E-state index is 11.8. The van der Waals surface area contributed by atoms with Crippen molar-refractivity contribution in [3.05, 3.63) is 52.9 Å². The monoisotopic (exact) mass is 333 g/mol. The summed E-state index contributed by atoms with van der Waals surface area (Å²) in [6.07, 6.45) is 1.48. The van der Waals surface area contributed by atoms with E-state index in [-0.39, 0.29) is 41.5 Å². The predicted octanol–water partition coefficient (Wildman–Crippen LogP) is -1.25. The zero-order valence-corrected chi connectivity index (χ0v) is 15.4. The number of hydrogen-bond acceptors (Lipinski definition) is 5. The molecule has 1 aromatic carbocycles. The van der Waals surface area contributed by atoms with Crippen LogP contribution in [0.4, 0.5) is 0 Å². The van der Waals surface area contributed by atoms with E-state index in [0.29, 0.717) is 4.90 Å². The van der Waals surface area contributed by atoms with Crippen molar-refractivity contribution in [2.75, 3.05) is 6.61 Å². The van der Waals surface area contributed by atoms with E-state index in [0.717, 1.165) is 4.90 Å². The van der Waals surface area contributed by atoms with Crippen LogP contribution < -0.4 is 45.3 Å². The van der Waals surface area contributed by atoms with Gasteiger partial charge in [0.1, 0.15) is 0 Å². The van der Waals surface area contributed by atoms with Gasteiger partial charge in [-0.3, -0.25) is 4.79 Å². The van der Waals surface area contributed by atoms with Crippen LogP contribution in [-0.4, -0.2) is 11.6 Å². The molecule has 8 heteroatoms. The first-order valence-electron chi connectivity index (χ1n) is 5.94. The second-order valence-corrected chi connectivity index (χ2v) is 6.76. The smallest absolute Gasteiger partial charge is 0.775 e. The van der Waals surface area contributed by atoms with Gasteiger partial charge in [0, 0.05) is 16.0 Å². The maximum Gasteiger partial charge on any atom is 1.00 e. The SMILES string of the molecule is CCOP(=O)([O-])c1cc(Sc2ccccc2)c[nH]c1=O.[Na+]. The Hall–Kier alpha value is -0.330. The van der Waals surface area contributed by atoms with Crippen molar-refractivity contribution >= 4 is 24.7 Å². The third-order valence-corrected chi connectivity index (χ3v) is 4.93. The van der Waals surface area contributed by atoms with Gasteiger partial charge in [0.25, 0.3) is 5.56 Å². The molecule has 1 aromatic heterocycles. The average molecular weight is 333 g/mol. The molecule has 1 heterocycles. The molecule has 0 amide bonds. The summed E-state index contributed by atoms with van der Waals surface area (Å²) in [4.78, 5) is 27.5. The summed E-state index contributed by atoms with van der Waals surface area (Å²) in [5.41, 5.74) is -0.672. The molecule has 0 spiro atoms. The minimum Gasteiger partial charge on any atom is -0.775 e. The van der Waals surface area contributed by atoms with Gasteiger partial charge in [0.05, 0.1) is 11.9 Å². The molecule has 0 aliphatic heterocycles. The van der Waals surface area contributed by atoms with Crippen molar-refractivity contribution in [3.8, 4) is 0 Å². The molecule has 5 nitrogen and oxygen atoms in total. The van der Waals surface area contributed by atoms with Gasteiger partial charge in [-0.1, -0.05) is 30.0 Å². The van der Waals surface area contributed by atoms with Crippen LogP contribution in [0.25, 0.3) is 0 Å². The van der Waals surface area contributed by atoms with Crippen LogP contribution in [0.2, 0.25) is 0 Å². The molecule has 0 saturated heterocycles. The Morgan fingerprint density at radius 3 is 2.57 bits per heavy atom. The Kier molecular flexibility index (Phi) is 7.44. The molecule has 1 unspecified atom stereocenters. The van der Waals surface area contributed by atoms with Crippen LogP contribution in [0.15, 0.2) is 57.2 Å². The van der Waals surface area contributed by atoms with E-state index in [2.05, 4.69) is 9.51 Å². The van der Waals surface area contributed by atoms with E-state index < -0.39 is 13.2 Å². The predicted molar refractivity (Wildman–Crippen MR) is 76.5 cm³/mol. The molecule has 0 radical (unpaired) electrons. The molecule has 1 atom stereocenters. The van der Waals surface area contributed by atoms with Crippen molar-refractivity contribution in [2.45, 2.75) is 16.7 Å². The van der Waals surface area contributed by atoms with Crippen LogP contribution in [0, 0.1) is 0 Å². The molecule has 21 heavy (non-hydrogen) atoms. The zero-order chi connectivity index (χ0) is 14.6. The van der Waals surface area contributed by atoms with Crippen LogP contribution in [0.1, 0.15) is 6.92 Å². The van der Waals surface area contributed by atoms with Gasteiger partial charge >= 0.3 is 29.6 Å². The van der Waals surface area contributed by atoms with Crippen molar-refractivity contribution in [1.82, 2.24) is 4.98 Å². The fraction of sp³-hybridized carbons (Fsp3) is 0.154. The van der Waals surface area contributed by atoms with E-state index in [1.807, 2.05) is 30.3 Å². The van der Waals surface area contributed by atoms with Gasteiger partial charge < -0.3 is 19.0 Å². The van der Waals surface area contributed by atoms with Gasteiger partial charge in [-0.25, -0.2) is 0 Å². The second kappa shape index (κ2) is 8.34. The van der Waals surface area contributed by atoms with E-state index in [1.165, 1.54) is 24.0 Å². The third-order valence-electron chi connectivity index (χ3n) is 2.43. The summed E-state index contributed by atoms with van der Waals surface area (Å²) in [5.74, 6) is 0. The Balaban J connectivity index is 0.00000220. The fourth-order valence-corrected chi connectivity index (χ4v) is 3.62. The number of H-pyrrole nitrogens is 1. The minimum atomic E-state index is -4.32. The van der Waals surface area contributed by atoms with Gasteiger partial charge in [-0.15, -0.1) is 0 Å². The molecule has 0 aliphatic rings. The first kappa shape index (κ1) is 18.7. The van der Waals surface area contributed by atoms with Crippen LogP contribution in [0.5, 0.6) is 0 Å². The average Bonchev–Trinajstić information content (AvgIpc) is 2.42. The Labute approximate surface area is 149 Å². The summed E-state index contributed by atoms with van der Waals surface area (Å²) < 4.78 is 16.5. The van der Waals surface area contributed by atoms with Gasteiger partial charge in [-0.05, 0) is 25.1 Å². The molecule has 106 valence electrons. The summed E-state index contributed by atoms with van der Waals surface area (Å²) in [7, 11) is -4.32. The number of aromatic nitrogens is 1. The van der Waals surface area contributed by atoms with Crippen molar-refractivity contribution in [1.29, 1.82) is 0 Å². The largest absolute Gasteiger partial charge is 1.00 e. The minimum absolute atomic E-state index is 0. The van der Waals surface area contributed by atoms with E-state index in [4.69, 9.17) is 0 Å². The molecule has 1 N–H and O–H groups in total. The van der Waals surface area contributed by atoms with E-state index in [1.54, 1.807) is 6.92 Å². The molecule has 0 bridgehead atoms. The van der Waals surface area contributed by atoms with Crippen LogP contribution in [0.3, 0.4) is 0 Å². The quantitative estimate of drug-likeness (QED) is 0.546. The first-order valence-corrected chi connectivity index (χ1v) is 8.30. The van der Waals surface area contributed by atoms with Crippen molar-refractivity contribution in [2.24, 2.45) is 0 Å². The number of hydrogen-bond donors (Lipinski definition) is 1. The van der Waals surface area contributed by atoms with Crippen molar-refractivity contribution in [3.63, 3.8) is 0 Å². The third kappa shape index (κ3) is 5.11. The topological polar surface area (TPSA) is 82.2 Å². The Bertz CT molecular complexity index is 692. The van der Waals surface area contributed by atoms with Gasteiger partial charge in [-0.2, -0.15) is 0 Å². The maximum absolute atomic E-state index is 11.8. The molecule has 0 fully saturated rings. The zero-order valence-electron chi connectivity index (χ0n) is 11.7. The summed E-state index contributed by atoms with van der Waals surface area (Å²) in [5, 5.41) is -0.347. The molecule has 2 aromatic rings. The molecule has 2 rings (SSSR count). The Morgan fingerprint density at radius 2 is 1.95 bits per heavy atom. The van der Waals surface area contributed by atoms with Gasteiger partial charge in [0.2, 0.25) is 0 Å². The summed E-state index contributed by atoms with van der Waals surface area (Å²) in [6.45, 7) is 1.55. The van der Waals surface area contributed by atoms with Crippen molar-refractivity contribution < 1.29 is 43.5 Å². The van der Waals surface area contributed by atoms with E-state index in [9.17, 15) is 14.3 Å². The number of rotatable bonds is 5. The number of pyridine rings is 1. The second-order valence-electron chi connectivity index (χ2n) is 3.88. The van der Waals surface area contributed by atoms with Gasteiger partial charge in [0.15, 0.2) is 7.60 Å². The normalized spacial score (nSPS) is 13.2. The van der Waals surface area contributed by atoms with Crippen LogP contribution >= 0.6 is 19.4 Å².